The Labute approximate surface area is 162 Å². The third kappa shape index (κ3) is 4.57. The fourth-order valence-electron chi connectivity index (χ4n) is 3.78. The summed E-state index contributed by atoms with van der Waals surface area (Å²) in [5.74, 6) is -1.53. The molecule has 0 heterocycles. The van der Waals surface area contributed by atoms with Crippen LogP contribution in [-0.4, -0.2) is 13.8 Å². The molecule has 2 radical (unpaired) electrons. The topological polar surface area (TPSA) is 29.1 Å². The highest BCUT2D eigenvalue weighted by atomic mass is 19.4. The Kier molecular flexibility index (Phi) is 5.82. The van der Waals surface area contributed by atoms with Crippen LogP contribution in [0.25, 0.3) is 0 Å². The number of hydrogen-bond acceptors (Lipinski definition) is 1. The van der Waals surface area contributed by atoms with Crippen molar-refractivity contribution in [1.29, 1.82) is 0 Å². The summed E-state index contributed by atoms with van der Waals surface area (Å²) in [5.41, 5.74) is 0.442. The zero-order chi connectivity index (χ0) is 20.5. The summed E-state index contributed by atoms with van der Waals surface area (Å²) in [7, 11) is 5.72. The molecule has 1 amide bonds. The summed E-state index contributed by atoms with van der Waals surface area (Å²) >= 11 is 0. The minimum atomic E-state index is -4.63. The summed E-state index contributed by atoms with van der Waals surface area (Å²) in [6, 6.07) is 9.65. The molecule has 0 spiro atoms. The quantitative estimate of drug-likeness (QED) is 0.593. The second-order valence-electron chi connectivity index (χ2n) is 7.44. The maximum Gasteiger partial charge on any atom is 0.416 e. The van der Waals surface area contributed by atoms with Crippen molar-refractivity contribution in [2.75, 3.05) is 5.32 Å². The lowest BCUT2D eigenvalue weighted by molar-refractivity contribution is -0.137. The van der Waals surface area contributed by atoms with E-state index in [2.05, 4.69) is 5.32 Å². The predicted molar refractivity (Wildman–Crippen MR) is 101 cm³/mol. The van der Waals surface area contributed by atoms with Crippen LogP contribution in [0.5, 0.6) is 0 Å². The lowest BCUT2D eigenvalue weighted by atomic mass is 9.72. The SMILES string of the molecule is [B]c1ccc(C2CCC(C)C(C(=O)Nc3ccc(C(F)(F)F)cc3F)C2)cc1. The summed E-state index contributed by atoms with van der Waals surface area (Å²) in [6.07, 6.45) is -2.27. The normalized spacial score (nSPS) is 22.7. The van der Waals surface area contributed by atoms with Gasteiger partial charge in [0.15, 0.2) is 0 Å². The zero-order valence-corrected chi connectivity index (χ0v) is 15.4. The van der Waals surface area contributed by atoms with Gasteiger partial charge in [0.2, 0.25) is 5.91 Å². The van der Waals surface area contributed by atoms with Crippen molar-refractivity contribution in [2.24, 2.45) is 11.8 Å². The number of halogens is 4. The molecule has 1 N–H and O–H groups in total. The Morgan fingerprint density at radius 2 is 1.79 bits per heavy atom. The van der Waals surface area contributed by atoms with E-state index in [1.54, 1.807) is 0 Å². The van der Waals surface area contributed by atoms with Gasteiger partial charge in [0, 0.05) is 5.92 Å². The third-order valence-electron chi connectivity index (χ3n) is 5.49. The van der Waals surface area contributed by atoms with Crippen LogP contribution in [0.4, 0.5) is 23.2 Å². The Bertz CT molecular complexity index is 850. The maximum absolute atomic E-state index is 14.1. The lowest BCUT2D eigenvalue weighted by Crippen LogP contribution is -2.33. The maximum atomic E-state index is 14.1. The molecule has 0 aliphatic heterocycles. The third-order valence-corrected chi connectivity index (χ3v) is 5.49. The number of benzene rings is 2. The van der Waals surface area contributed by atoms with E-state index in [-0.39, 0.29) is 29.3 Å². The first-order valence-corrected chi connectivity index (χ1v) is 9.18. The first-order chi connectivity index (χ1) is 13.1. The summed E-state index contributed by atoms with van der Waals surface area (Å²) in [5, 5.41) is 2.47. The average molecular weight is 389 g/mol. The average Bonchev–Trinajstić information content (AvgIpc) is 2.63. The second kappa shape index (κ2) is 7.98. The van der Waals surface area contributed by atoms with Crippen molar-refractivity contribution < 1.29 is 22.4 Å². The van der Waals surface area contributed by atoms with Gasteiger partial charge in [-0.3, -0.25) is 4.79 Å². The minimum Gasteiger partial charge on any atom is -0.323 e. The number of rotatable bonds is 3. The molecular weight excluding hydrogens is 369 g/mol. The van der Waals surface area contributed by atoms with Gasteiger partial charge in [-0.2, -0.15) is 13.2 Å². The smallest absolute Gasteiger partial charge is 0.323 e. The fourth-order valence-corrected chi connectivity index (χ4v) is 3.78. The van der Waals surface area contributed by atoms with Gasteiger partial charge in [0.25, 0.3) is 0 Å². The van der Waals surface area contributed by atoms with Crippen LogP contribution in [0.1, 0.15) is 43.2 Å². The van der Waals surface area contributed by atoms with E-state index in [1.807, 2.05) is 31.2 Å². The molecule has 3 unspecified atom stereocenters. The molecule has 7 heteroatoms. The highest BCUT2D eigenvalue weighted by Gasteiger charge is 2.34. The Balaban J connectivity index is 1.73. The van der Waals surface area contributed by atoms with Crippen LogP contribution in [0.15, 0.2) is 42.5 Å². The van der Waals surface area contributed by atoms with Crippen molar-refractivity contribution in [2.45, 2.75) is 38.3 Å². The van der Waals surface area contributed by atoms with Gasteiger partial charge in [0.05, 0.1) is 11.3 Å². The highest BCUT2D eigenvalue weighted by molar-refractivity contribution is 6.32. The number of nitrogens with one attached hydrogen (secondary N) is 1. The van der Waals surface area contributed by atoms with Crippen LogP contribution in [0.3, 0.4) is 0 Å². The van der Waals surface area contributed by atoms with Crippen molar-refractivity contribution in [1.82, 2.24) is 0 Å². The molecule has 1 fully saturated rings. The van der Waals surface area contributed by atoms with Crippen molar-refractivity contribution in [3.8, 4) is 0 Å². The molecule has 0 saturated heterocycles. The van der Waals surface area contributed by atoms with Gasteiger partial charge in [0.1, 0.15) is 13.7 Å². The van der Waals surface area contributed by atoms with E-state index in [0.717, 1.165) is 30.5 Å². The molecule has 1 aliphatic rings. The van der Waals surface area contributed by atoms with Crippen molar-refractivity contribution in [3.63, 3.8) is 0 Å². The van der Waals surface area contributed by atoms with Gasteiger partial charge in [-0.25, -0.2) is 4.39 Å². The molecular formula is C21H20BF4NO. The number of hydrogen-bond donors (Lipinski definition) is 1. The van der Waals surface area contributed by atoms with E-state index in [0.29, 0.717) is 17.9 Å². The van der Waals surface area contributed by atoms with Gasteiger partial charge in [-0.05, 0) is 54.9 Å². The zero-order valence-electron chi connectivity index (χ0n) is 15.4. The lowest BCUT2D eigenvalue weighted by Gasteiger charge is -2.33. The van der Waals surface area contributed by atoms with Gasteiger partial charge in [-0.15, -0.1) is 0 Å². The Morgan fingerprint density at radius 1 is 1.11 bits per heavy atom. The highest BCUT2D eigenvalue weighted by Crippen LogP contribution is 2.40. The van der Waals surface area contributed by atoms with E-state index in [1.165, 1.54) is 0 Å². The fraction of sp³-hybridized carbons (Fsp3) is 0.381. The van der Waals surface area contributed by atoms with Gasteiger partial charge < -0.3 is 5.32 Å². The van der Waals surface area contributed by atoms with Gasteiger partial charge >= 0.3 is 6.18 Å². The molecule has 3 rings (SSSR count). The van der Waals surface area contributed by atoms with Crippen LogP contribution in [-0.2, 0) is 11.0 Å². The predicted octanol–water partition coefficient (Wildman–Crippen LogP) is 4.80. The largest absolute Gasteiger partial charge is 0.416 e. The molecule has 28 heavy (non-hydrogen) atoms. The van der Waals surface area contributed by atoms with Crippen LogP contribution in [0, 0.1) is 17.7 Å². The summed E-state index contributed by atoms with van der Waals surface area (Å²) in [6.45, 7) is 1.96. The molecule has 1 aliphatic carbocycles. The Hall–Kier alpha value is -2.31. The molecule has 1 saturated carbocycles. The minimum absolute atomic E-state index is 0.0996. The summed E-state index contributed by atoms with van der Waals surface area (Å²) in [4.78, 5) is 12.7. The molecule has 2 nitrogen and oxygen atoms in total. The number of alkyl halides is 3. The van der Waals surface area contributed by atoms with E-state index < -0.39 is 17.6 Å². The molecule has 2 aromatic carbocycles. The number of amides is 1. The molecule has 3 atom stereocenters. The number of anilines is 1. The van der Waals surface area contributed by atoms with E-state index >= 15 is 0 Å². The van der Waals surface area contributed by atoms with Crippen LogP contribution < -0.4 is 10.8 Å². The van der Waals surface area contributed by atoms with Crippen LogP contribution >= 0.6 is 0 Å². The van der Waals surface area contributed by atoms with Crippen molar-refractivity contribution in [3.05, 3.63) is 59.4 Å². The molecule has 2 aromatic rings. The standard InChI is InChI=1S/C21H20BF4NO/c1-12-2-3-14(13-4-7-16(22)8-5-13)10-17(12)20(28)27-19-9-6-15(11-18(19)23)21(24,25)26/h4-9,11-12,14,17H,2-3,10H2,1H3,(H,27,28). The van der Waals surface area contributed by atoms with E-state index in [9.17, 15) is 22.4 Å². The molecule has 0 aromatic heterocycles. The number of carbonyl (C=O) groups excluding carboxylic acids is 1. The summed E-state index contributed by atoms with van der Waals surface area (Å²) < 4.78 is 52.1. The van der Waals surface area contributed by atoms with Crippen LogP contribution in [0.2, 0.25) is 0 Å². The monoisotopic (exact) mass is 389 g/mol. The first-order valence-electron chi connectivity index (χ1n) is 9.18. The molecule has 146 valence electrons. The van der Waals surface area contributed by atoms with Gasteiger partial charge in [-0.1, -0.05) is 36.7 Å². The molecule has 0 bridgehead atoms. The van der Waals surface area contributed by atoms with E-state index in [4.69, 9.17) is 7.85 Å². The number of carbonyl (C=O) groups is 1. The second-order valence-corrected chi connectivity index (χ2v) is 7.44. The van der Waals surface area contributed by atoms with Crippen molar-refractivity contribution >= 4 is 24.9 Å². The Morgan fingerprint density at radius 3 is 2.39 bits per heavy atom. The first kappa shape index (κ1) is 20.4.